The van der Waals surface area contributed by atoms with Gasteiger partial charge in [0.2, 0.25) is 11.9 Å². The van der Waals surface area contributed by atoms with E-state index in [-0.39, 0.29) is 84.3 Å². The molecule has 0 saturated heterocycles. The molecule has 0 radical (unpaired) electrons. The van der Waals surface area contributed by atoms with Gasteiger partial charge in [-0.1, -0.05) is 238 Å². The SMILES string of the molecule is C.C.CCCCCCCCCCCCCCCCCCOCCOP(=O)(O)COCCn1cnc2c(=O)[nH]c(N)nc21.CCCCCCCCCCCCCCCCCCOCCOP(=O)(O)COCCn1cnc2c(On3nnc4ccccc43)nc(N)nc21. The Morgan fingerprint density at radius 3 is 1.35 bits per heavy atom. The molecule has 0 fully saturated rings. The Morgan fingerprint density at radius 1 is 0.495 bits per heavy atom. The first-order valence-corrected chi connectivity index (χ1v) is 36.8. The Morgan fingerprint density at radius 2 is 0.901 bits per heavy atom. The molecule has 2 unspecified atom stereocenters. The van der Waals surface area contributed by atoms with E-state index in [1.165, 1.54) is 191 Å². The molecule has 0 bridgehead atoms. The lowest BCUT2D eigenvalue weighted by Gasteiger charge is -2.13. The molecular weight excluding hydrogens is 1200 g/mol. The lowest BCUT2D eigenvalue weighted by Crippen LogP contribution is -2.13. The molecule has 0 aliphatic heterocycles. The number of unbranched alkanes of at least 4 members (excludes halogenated alkanes) is 30. The molecule has 91 heavy (non-hydrogen) atoms. The van der Waals surface area contributed by atoms with E-state index in [2.05, 4.69) is 54.1 Å². The predicted octanol–water partition coefficient (Wildman–Crippen LogP) is 14.9. The van der Waals surface area contributed by atoms with E-state index in [4.69, 9.17) is 44.3 Å². The van der Waals surface area contributed by atoms with E-state index < -0.39 is 33.4 Å². The van der Waals surface area contributed by atoms with Crippen molar-refractivity contribution in [3.8, 4) is 5.88 Å². The van der Waals surface area contributed by atoms with Crippen LogP contribution in [0.2, 0.25) is 0 Å². The molecule has 0 amide bonds. The largest absolute Gasteiger partial charge is 0.379 e. The molecule has 0 saturated carbocycles. The summed E-state index contributed by atoms with van der Waals surface area (Å²) in [4.78, 5) is 62.2. The van der Waals surface area contributed by atoms with E-state index in [1.807, 2.05) is 24.3 Å². The topological polar surface area (TPSA) is 329 Å². The standard InChI is InChI=1S/C34H55N8O6P.C28H52N5O6P.2CH4/c1-2-3-4-5-6-7-8-9-10-11-12-13-14-15-16-19-23-45-25-26-47-49(43,44)28-46-24-22-41-27-36-31-32(41)37-34(35)38-33(31)48-42-30-21-18-17-20-29(30)39-40-42;1-2-3-4-5-6-7-8-9-10-11-12-13-14-15-16-17-19-37-21-22-39-40(35,36)24-38-20-18-33-23-30-25-26(33)31-28(29)32-27(25)34;;/h17-18,20-21,27H,2-16,19,22-26,28H2,1H3,(H,43,44)(H2,35,37,38);23H,2-22,24H2,1H3,(H,35,36)(H3,29,31,32,34);2*1H4. The molecule has 1 aromatic carbocycles. The van der Waals surface area contributed by atoms with Gasteiger partial charge in [0, 0.05) is 26.3 Å². The summed E-state index contributed by atoms with van der Waals surface area (Å²) in [5, 5.41) is 8.07. The van der Waals surface area contributed by atoms with Crippen LogP contribution in [-0.4, -0.2) is 130 Å². The smallest absolute Gasteiger partial charge is 0.353 e. The molecule has 518 valence electrons. The van der Waals surface area contributed by atoms with Crippen molar-refractivity contribution in [3.05, 3.63) is 47.3 Å². The average molecular weight is 1320 g/mol. The Bertz CT molecular complexity index is 2960. The molecular formula is C64H115N13O12P2. The summed E-state index contributed by atoms with van der Waals surface area (Å²) in [6, 6.07) is 7.32. The van der Waals surface area contributed by atoms with Gasteiger partial charge in [-0.05, 0) is 30.2 Å². The number of hydrogen-bond donors (Lipinski definition) is 5. The van der Waals surface area contributed by atoms with Gasteiger partial charge in [0.15, 0.2) is 22.3 Å². The maximum atomic E-state index is 12.4. The Balaban J connectivity index is 0.000000475. The average Bonchev–Trinajstić information content (AvgIpc) is 1.84. The van der Waals surface area contributed by atoms with Gasteiger partial charge in [0.1, 0.15) is 23.7 Å². The minimum absolute atomic E-state index is 0. The number of nitrogens with two attached hydrogens (primary N) is 2. The Labute approximate surface area is 541 Å². The first kappa shape index (κ1) is 80.3. The zero-order valence-corrected chi connectivity index (χ0v) is 55.4. The van der Waals surface area contributed by atoms with Crippen molar-refractivity contribution in [2.24, 2.45) is 0 Å². The quantitative estimate of drug-likeness (QED) is 0.0175. The summed E-state index contributed by atoms with van der Waals surface area (Å²) < 4.78 is 59.9. The van der Waals surface area contributed by atoms with Gasteiger partial charge in [-0.3, -0.25) is 18.9 Å². The molecule has 5 aromatic heterocycles. The minimum Gasteiger partial charge on any atom is -0.379 e. The van der Waals surface area contributed by atoms with Crippen LogP contribution >= 0.6 is 15.2 Å². The zero-order valence-electron chi connectivity index (χ0n) is 53.6. The molecule has 0 aliphatic rings. The number of para-hydroxylation sites is 1. The lowest BCUT2D eigenvalue weighted by atomic mass is 10.0. The molecule has 2 atom stereocenters. The summed E-state index contributed by atoms with van der Waals surface area (Å²) in [7, 11) is -7.79. The van der Waals surface area contributed by atoms with E-state index in [1.54, 1.807) is 15.5 Å². The second kappa shape index (κ2) is 48.7. The fourth-order valence-corrected chi connectivity index (χ4v) is 11.8. The number of rotatable bonds is 54. The summed E-state index contributed by atoms with van der Waals surface area (Å²) in [5.41, 5.74) is 13.7. The highest BCUT2D eigenvalue weighted by molar-refractivity contribution is 7.52. The minimum atomic E-state index is -3.92. The molecule has 6 rings (SSSR count). The number of nitrogens with one attached hydrogen (secondary N) is 1. The van der Waals surface area contributed by atoms with Crippen LogP contribution in [0.1, 0.15) is 234 Å². The molecule has 6 aromatic rings. The van der Waals surface area contributed by atoms with E-state index >= 15 is 0 Å². The zero-order chi connectivity index (χ0) is 63.5. The summed E-state index contributed by atoms with van der Waals surface area (Å²) in [6.45, 7) is 7.21. The predicted molar refractivity (Wildman–Crippen MR) is 363 cm³/mol. The fourth-order valence-electron chi connectivity index (χ4n) is 10.2. The summed E-state index contributed by atoms with van der Waals surface area (Å²) in [5.74, 6) is 0.0912. The number of nitrogens with zero attached hydrogens (tertiary/aromatic N) is 10. The first-order chi connectivity index (χ1) is 43.4. The molecule has 5 heterocycles. The third-order valence-electron chi connectivity index (χ3n) is 15.2. The van der Waals surface area contributed by atoms with Crippen LogP contribution in [0.4, 0.5) is 11.9 Å². The third-order valence-corrected chi connectivity index (χ3v) is 17.4. The fraction of sp³-hybridized carbons (Fsp3) is 0.750. The van der Waals surface area contributed by atoms with Crippen molar-refractivity contribution in [2.45, 2.75) is 247 Å². The number of imidazole rings is 2. The summed E-state index contributed by atoms with van der Waals surface area (Å²) >= 11 is 0. The molecule has 27 heteroatoms. The number of H-pyrrole nitrogens is 1. The Kier molecular flexibility index (Phi) is 43.0. The van der Waals surface area contributed by atoms with Gasteiger partial charge in [-0.15, -0.1) is 5.10 Å². The van der Waals surface area contributed by atoms with E-state index in [9.17, 15) is 23.7 Å². The second-order valence-corrected chi connectivity index (χ2v) is 26.5. The molecule has 0 aliphatic carbocycles. The van der Waals surface area contributed by atoms with Crippen molar-refractivity contribution < 1.29 is 51.7 Å². The number of ether oxygens (including phenoxy) is 4. The third kappa shape index (κ3) is 34.2. The van der Waals surface area contributed by atoms with E-state index in [0.717, 1.165) is 25.7 Å². The number of anilines is 2. The first-order valence-electron chi connectivity index (χ1n) is 33.3. The van der Waals surface area contributed by atoms with Gasteiger partial charge < -0.3 is 63.2 Å². The highest BCUT2D eigenvalue weighted by Crippen LogP contribution is 2.42. The van der Waals surface area contributed by atoms with Crippen LogP contribution in [0, 0.1) is 0 Å². The van der Waals surface area contributed by atoms with Crippen LogP contribution in [0.5, 0.6) is 5.88 Å². The van der Waals surface area contributed by atoms with Crippen LogP contribution in [0.25, 0.3) is 33.4 Å². The normalized spacial score (nSPS) is 12.8. The van der Waals surface area contributed by atoms with Crippen molar-refractivity contribution in [1.29, 1.82) is 0 Å². The van der Waals surface area contributed by atoms with Gasteiger partial charge in [-0.2, -0.15) is 15.0 Å². The number of benzene rings is 1. The van der Waals surface area contributed by atoms with Crippen LogP contribution < -0.4 is 21.9 Å². The van der Waals surface area contributed by atoms with E-state index in [0.29, 0.717) is 47.6 Å². The Hall–Kier alpha value is -4.94. The number of nitrogen functional groups attached to an aromatic ring is 2. The van der Waals surface area contributed by atoms with Crippen molar-refractivity contribution in [2.75, 3.05) is 77.0 Å². The molecule has 25 nitrogen and oxygen atoms in total. The van der Waals surface area contributed by atoms with Gasteiger partial charge in [0.25, 0.3) is 11.4 Å². The number of hydrogen-bond acceptors (Lipinski definition) is 19. The van der Waals surface area contributed by atoms with Crippen LogP contribution in [0.3, 0.4) is 0 Å². The lowest BCUT2D eigenvalue weighted by molar-refractivity contribution is 0.0841. The summed E-state index contributed by atoms with van der Waals surface area (Å²) in [6.07, 6.45) is 44.6. The van der Waals surface area contributed by atoms with Crippen LogP contribution in [-0.2, 0) is 50.2 Å². The maximum absolute atomic E-state index is 12.4. The number of fused-ring (bicyclic) bond motifs is 3. The highest BCUT2D eigenvalue weighted by Gasteiger charge is 2.22. The van der Waals surface area contributed by atoms with Crippen molar-refractivity contribution in [1.82, 2.24) is 54.2 Å². The number of aromatic amines is 1. The van der Waals surface area contributed by atoms with Crippen molar-refractivity contribution >= 4 is 60.4 Å². The van der Waals surface area contributed by atoms with Gasteiger partial charge >= 0.3 is 15.2 Å². The van der Waals surface area contributed by atoms with Gasteiger partial charge in [0.05, 0.1) is 52.3 Å². The molecule has 0 spiro atoms. The monoisotopic (exact) mass is 1320 g/mol. The highest BCUT2D eigenvalue weighted by atomic mass is 31.2. The van der Waals surface area contributed by atoms with Gasteiger partial charge in [-0.25, -0.2) is 9.97 Å². The van der Waals surface area contributed by atoms with Crippen molar-refractivity contribution in [3.63, 3.8) is 0 Å². The maximum Gasteiger partial charge on any atom is 0.353 e. The molecule has 7 N–H and O–H groups in total. The second-order valence-electron chi connectivity index (χ2n) is 22.9. The van der Waals surface area contributed by atoms with Crippen LogP contribution in [0.15, 0.2) is 41.7 Å². The number of aromatic nitrogens is 11.